The van der Waals surface area contributed by atoms with Gasteiger partial charge in [-0.3, -0.25) is 4.79 Å². The first kappa shape index (κ1) is 14.8. The highest BCUT2D eigenvalue weighted by Crippen LogP contribution is 2.39. The molecule has 1 aromatic carbocycles. The standard InChI is InChI=1S/C15H17BrN2O2S/c1-15(2)8-18(6-7-20-15)14(19)13-12(17)11-9(16)4-3-5-10(11)21-13/h3-5H,6-8,17H2,1-2H3. The number of hydrogen-bond acceptors (Lipinski definition) is 4. The molecule has 2 N–H and O–H groups in total. The van der Waals surface area contributed by atoms with E-state index in [4.69, 9.17) is 10.5 Å². The molecule has 2 aromatic rings. The quantitative estimate of drug-likeness (QED) is 0.837. The van der Waals surface area contributed by atoms with E-state index in [0.717, 1.165) is 14.6 Å². The largest absolute Gasteiger partial charge is 0.397 e. The van der Waals surface area contributed by atoms with Crippen LogP contribution in [0, 0.1) is 0 Å². The third-order valence-corrected chi connectivity index (χ3v) is 5.43. The molecule has 1 saturated heterocycles. The summed E-state index contributed by atoms with van der Waals surface area (Å²) in [5, 5.41) is 0.929. The van der Waals surface area contributed by atoms with Crippen molar-refractivity contribution >= 4 is 48.9 Å². The van der Waals surface area contributed by atoms with E-state index in [2.05, 4.69) is 15.9 Å². The lowest BCUT2D eigenvalue weighted by Crippen LogP contribution is -2.50. The van der Waals surface area contributed by atoms with Gasteiger partial charge in [-0.15, -0.1) is 11.3 Å². The number of morpholine rings is 1. The zero-order valence-electron chi connectivity index (χ0n) is 12.0. The number of nitrogens with two attached hydrogens (primary N) is 1. The van der Waals surface area contributed by atoms with Crippen LogP contribution in [0.3, 0.4) is 0 Å². The van der Waals surface area contributed by atoms with Gasteiger partial charge in [0.15, 0.2) is 0 Å². The minimum Gasteiger partial charge on any atom is -0.397 e. The molecule has 0 bridgehead atoms. The minimum atomic E-state index is -0.306. The van der Waals surface area contributed by atoms with Gasteiger partial charge in [-0.05, 0) is 26.0 Å². The second kappa shape index (κ2) is 5.26. The van der Waals surface area contributed by atoms with Crippen LogP contribution in [0.2, 0.25) is 0 Å². The van der Waals surface area contributed by atoms with Gasteiger partial charge < -0.3 is 15.4 Å². The zero-order valence-corrected chi connectivity index (χ0v) is 14.4. The van der Waals surface area contributed by atoms with Gasteiger partial charge in [0.05, 0.1) is 17.9 Å². The van der Waals surface area contributed by atoms with E-state index in [0.29, 0.717) is 30.3 Å². The van der Waals surface area contributed by atoms with Gasteiger partial charge >= 0.3 is 0 Å². The van der Waals surface area contributed by atoms with Gasteiger partial charge in [0.25, 0.3) is 5.91 Å². The molecule has 0 saturated carbocycles. The third-order valence-electron chi connectivity index (χ3n) is 3.61. The molecule has 21 heavy (non-hydrogen) atoms. The number of nitrogen functional groups attached to an aromatic ring is 1. The maximum atomic E-state index is 12.8. The van der Waals surface area contributed by atoms with Crippen molar-refractivity contribution in [3.63, 3.8) is 0 Å². The number of rotatable bonds is 1. The van der Waals surface area contributed by atoms with Gasteiger partial charge in [0.1, 0.15) is 4.88 Å². The number of carbonyl (C=O) groups excluding carboxylic acids is 1. The molecule has 0 radical (unpaired) electrons. The monoisotopic (exact) mass is 368 g/mol. The average Bonchev–Trinajstić information content (AvgIpc) is 2.75. The Morgan fingerprint density at radius 1 is 1.48 bits per heavy atom. The van der Waals surface area contributed by atoms with Crippen molar-refractivity contribution in [2.75, 3.05) is 25.4 Å². The SMILES string of the molecule is CC1(C)CN(C(=O)c2sc3cccc(Br)c3c2N)CCO1. The molecular weight excluding hydrogens is 352 g/mol. The molecule has 0 spiro atoms. The number of anilines is 1. The third kappa shape index (κ3) is 2.67. The Morgan fingerprint density at radius 3 is 2.90 bits per heavy atom. The van der Waals surface area contributed by atoms with Crippen LogP contribution in [0.1, 0.15) is 23.5 Å². The first-order valence-electron chi connectivity index (χ1n) is 6.79. The van der Waals surface area contributed by atoms with E-state index in [1.54, 1.807) is 0 Å². The number of nitrogens with zero attached hydrogens (tertiary/aromatic N) is 1. The van der Waals surface area contributed by atoms with Gasteiger partial charge in [-0.25, -0.2) is 0 Å². The fraction of sp³-hybridized carbons (Fsp3) is 0.400. The van der Waals surface area contributed by atoms with Crippen molar-refractivity contribution in [2.24, 2.45) is 0 Å². The van der Waals surface area contributed by atoms with Gasteiger partial charge in [-0.1, -0.05) is 22.0 Å². The molecular formula is C15H17BrN2O2S. The molecule has 6 heteroatoms. The lowest BCUT2D eigenvalue weighted by molar-refractivity contribution is -0.0762. The second-order valence-corrected chi connectivity index (χ2v) is 7.70. The van der Waals surface area contributed by atoms with E-state index in [9.17, 15) is 4.79 Å². The van der Waals surface area contributed by atoms with Crippen LogP contribution < -0.4 is 5.73 Å². The smallest absolute Gasteiger partial charge is 0.266 e. The molecule has 4 nitrogen and oxygen atoms in total. The molecule has 3 rings (SSSR count). The highest BCUT2D eigenvalue weighted by molar-refractivity contribution is 9.10. The fourth-order valence-corrected chi connectivity index (χ4v) is 4.45. The summed E-state index contributed by atoms with van der Waals surface area (Å²) >= 11 is 4.96. The van der Waals surface area contributed by atoms with E-state index >= 15 is 0 Å². The molecule has 0 atom stereocenters. The Kier molecular flexibility index (Phi) is 3.71. The first-order valence-corrected chi connectivity index (χ1v) is 8.40. The summed E-state index contributed by atoms with van der Waals surface area (Å²) in [5.41, 5.74) is 6.48. The van der Waals surface area contributed by atoms with Crippen molar-refractivity contribution in [3.05, 3.63) is 27.5 Å². The summed E-state index contributed by atoms with van der Waals surface area (Å²) in [6.07, 6.45) is 0. The number of carbonyl (C=O) groups is 1. The number of hydrogen-bond donors (Lipinski definition) is 1. The van der Waals surface area contributed by atoms with E-state index < -0.39 is 0 Å². The van der Waals surface area contributed by atoms with Crippen LogP contribution in [0.15, 0.2) is 22.7 Å². The Hall–Kier alpha value is -1.11. The Morgan fingerprint density at radius 2 is 2.24 bits per heavy atom. The predicted molar refractivity (Wildman–Crippen MR) is 89.9 cm³/mol. The second-order valence-electron chi connectivity index (χ2n) is 5.79. The summed E-state index contributed by atoms with van der Waals surface area (Å²) in [6.45, 7) is 5.75. The minimum absolute atomic E-state index is 0.00280. The number of halogens is 1. The summed E-state index contributed by atoms with van der Waals surface area (Å²) < 4.78 is 7.61. The normalized spacial score (nSPS) is 18.1. The molecule has 112 valence electrons. The Bertz CT molecular complexity index is 711. The van der Waals surface area contributed by atoms with Crippen molar-refractivity contribution in [3.8, 4) is 0 Å². The molecule has 0 aliphatic carbocycles. The van der Waals surface area contributed by atoms with Crippen LogP contribution in [-0.2, 0) is 4.74 Å². The van der Waals surface area contributed by atoms with Gasteiger partial charge in [0, 0.05) is 27.6 Å². The summed E-state index contributed by atoms with van der Waals surface area (Å²) in [4.78, 5) is 15.2. The fourth-order valence-electron chi connectivity index (χ4n) is 2.62. The summed E-state index contributed by atoms with van der Waals surface area (Å²) in [6, 6.07) is 5.88. The van der Waals surface area contributed by atoms with Crippen LogP contribution in [0.25, 0.3) is 10.1 Å². The number of ether oxygens (including phenoxy) is 1. The molecule has 1 aromatic heterocycles. The van der Waals surface area contributed by atoms with Crippen molar-refractivity contribution < 1.29 is 9.53 Å². The average molecular weight is 369 g/mol. The Labute approximate surface area is 136 Å². The summed E-state index contributed by atoms with van der Waals surface area (Å²) in [5.74, 6) is -0.00280. The van der Waals surface area contributed by atoms with Gasteiger partial charge in [0.2, 0.25) is 0 Å². The van der Waals surface area contributed by atoms with Gasteiger partial charge in [-0.2, -0.15) is 0 Å². The van der Waals surface area contributed by atoms with Crippen LogP contribution in [-0.4, -0.2) is 36.1 Å². The van der Waals surface area contributed by atoms with Crippen molar-refractivity contribution in [1.29, 1.82) is 0 Å². The zero-order chi connectivity index (χ0) is 15.2. The lowest BCUT2D eigenvalue weighted by Gasteiger charge is -2.38. The van der Waals surface area contributed by atoms with E-state index in [-0.39, 0.29) is 11.5 Å². The molecule has 1 aliphatic heterocycles. The lowest BCUT2D eigenvalue weighted by atomic mass is 10.1. The molecule has 0 unspecified atom stereocenters. The molecule has 2 heterocycles. The molecule has 1 fully saturated rings. The first-order chi connectivity index (χ1) is 9.89. The maximum absolute atomic E-state index is 12.8. The summed E-state index contributed by atoms with van der Waals surface area (Å²) in [7, 11) is 0. The highest BCUT2D eigenvalue weighted by Gasteiger charge is 2.32. The predicted octanol–water partition coefficient (Wildman–Crippen LogP) is 3.50. The van der Waals surface area contributed by atoms with Crippen molar-refractivity contribution in [2.45, 2.75) is 19.4 Å². The van der Waals surface area contributed by atoms with E-state index in [1.807, 2.05) is 36.9 Å². The maximum Gasteiger partial charge on any atom is 0.266 e. The number of benzene rings is 1. The van der Waals surface area contributed by atoms with Crippen LogP contribution in [0.4, 0.5) is 5.69 Å². The highest BCUT2D eigenvalue weighted by atomic mass is 79.9. The van der Waals surface area contributed by atoms with E-state index in [1.165, 1.54) is 11.3 Å². The van der Waals surface area contributed by atoms with Crippen molar-refractivity contribution in [1.82, 2.24) is 4.90 Å². The Balaban J connectivity index is 1.99. The number of fused-ring (bicyclic) bond motifs is 1. The molecule has 1 amide bonds. The van der Waals surface area contributed by atoms with Crippen LogP contribution in [0.5, 0.6) is 0 Å². The molecule has 1 aliphatic rings. The number of thiophene rings is 1. The topological polar surface area (TPSA) is 55.6 Å². The number of amides is 1. The van der Waals surface area contributed by atoms with Crippen LogP contribution >= 0.6 is 27.3 Å².